The molecule has 0 aliphatic heterocycles. The van der Waals surface area contributed by atoms with E-state index >= 15 is 0 Å². The number of nitrogens with zero attached hydrogens (tertiary/aromatic N) is 2. The Morgan fingerprint density at radius 1 is 1.29 bits per heavy atom. The Morgan fingerprint density at radius 3 is 2.76 bits per heavy atom. The van der Waals surface area contributed by atoms with E-state index in [2.05, 4.69) is 20.6 Å². The third-order valence-corrected chi connectivity index (χ3v) is 2.75. The summed E-state index contributed by atoms with van der Waals surface area (Å²) in [6, 6.07) is 2.39. The summed E-state index contributed by atoms with van der Waals surface area (Å²) < 4.78 is 27.4. The monoisotopic (exact) mass is 292 g/mol. The Labute approximate surface area is 120 Å². The molecule has 0 radical (unpaired) electrons. The third-order valence-electron chi connectivity index (χ3n) is 2.75. The van der Waals surface area contributed by atoms with Gasteiger partial charge >= 0.3 is 0 Å². The molecule has 2 aromatic rings. The second-order valence-electron chi connectivity index (χ2n) is 4.33. The number of hydrogen-bond acceptors (Lipinski definition) is 4. The van der Waals surface area contributed by atoms with Crippen LogP contribution in [-0.4, -0.2) is 22.4 Å². The summed E-state index contributed by atoms with van der Waals surface area (Å²) in [5.41, 5.74) is -0.288. The predicted octanol–water partition coefficient (Wildman–Crippen LogP) is 2.75. The van der Waals surface area contributed by atoms with Crippen molar-refractivity contribution in [2.24, 2.45) is 0 Å². The molecule has 1 heterocycles. The fourth-order valence-electron chi connectivity index (χ4n) is 1.69. The molecule has 0 saturated carbocycles. The molecule has 0 fully saturated rings. The van der Waals surface area contributed by atoms with Gasteiger partial charge < -0.3 is 10.6 Å². The Morgan fingerprint density at radius 2 is 2.05 bits per heavy atom. The van der Waals surface area contributed by atoms with Gasteiger partial charge in [-0.15, -0.1) is 0 Å². The van der Waals surface area contributed by atoms with Crippen LogP contribution in [0.15, 0.2) is 24.5 Å². The highest BCUT2D eigenvalue weighted by Gasteiger charge is 2.16. The Balaban J connectivity index is 2.26. The first-order chi connectivity index (χ1) is 10.0. The third kappa shape index (κ3) is 3.31. The van der Waals surface area contributed by atoms with Gasteiger partial charge in [-0.1, -0.05) is 6.07 Å². The molecule has 0 spiro atoms. The van der Waals surface area contributed by atoms with Gasteiger partial charge in [0.2, 0.25) is 0 Å². The number of rotatable bonds is 4. The molecule has 1 aromatic carbocycles. The van der Waals surface area contributed by atoms with E-state index in [1.165, 1.54) is 25.4 Å². The van der Waals surface area contributed by atoms with Gasteiger partial charge in [0.05, 0.1) is 12.4 Å². The number of benzene rings is 1. The van der Waals surface area contributed by atoms with Crippen molar-refractivity contribution in [1.82, 2.24) is 9.97 Å². The topological polar surface area (TPSA) is 66.9 Å². The maximum absolute atomic E-state index is 13.8. The van der Waals surface area contributed by atoms with Crippen molar-refractivity contribution in [3.05, 3.63) is 47.4 Å². The SMILES string of the molecule is CCNc1cncc(C(=O)Nc2c(F)ccc(C)c2F)n1. The lowest BCUT2D eigenvalue weighted by Crippen LogP contribution is -2.17. The first-order valence-electron chi connectivity index (χ1n) is 6.34. The quantitative estimate of drug-likeness (QED) is 0.909. The summed E-state index contributed by atoms with van der Waals surface area (Å²) >= 11 is 0. The maximum atomic E-state index is 13.8. The predicted molar refractivity (Wildman–Crippen MR) is 75.2 cm³/mol. The summed E-state index contributed by atoms with van der Waals surface area (Å²) in [6.07, 6.45) is 2.68. The van der Waals surface area contributed by atoms with Gasteiger partial charge in [-0.2, -0.15) is 0 Å². The van der Waals surface area contributed by atoms with Crippen LogP contribution in [0.5, 0.6) is 0 Å². The molecule has 0 aliphatic rings. The smallest absolute Gasteiger partial charge is 0.276 e. The Hall–Kier alpha value is -2.57. The maximum Gasteiger partial charge on any atom is 0.276 e. The highest BCUT2D eigenvalue weighted by molar-refractivity contribution is 6.03. The zero-order valence-corrected chi connectivity index (χ0v) is 11.6. The zero-order chi connectivity index (χ0) is 15.4. The number of hydrogen-bond donors (Lipinski definition) is 2. The minimum absolute atomic E-state index is 0.0336. The molecule has 7 heteroatoms. The minimum Gasteiger partial charge on any atom is -0.369 e. The lowest BCUT2D eigenvalue weighted by molar-refractivity contribution is 0.102. The van der Waals surface area contributed by atoms with Crippen LogP contribution in [0.25, 0.3) is 0 Å². The van der Waals surface area contributed by atoms with Crippen LogP contribution in [0.1, 0.15) is 23.0 Å². The van der Waals surface area contributed by atoms with Crippen molar-refractivity contribution < 1.29 is 13.6 Å². The van der Waals surface area contributed by atoms with Gasteiger partial charge in [0, 0.05) is 6.54 Å². The number of carbonyl (C=O) groups is 1. The van der Waals surface area contributed by atoms with Crippen molar-refractivity contribution in [2.75, 3.05) is 17.2 Å². The van der Waals surface area contributed by atoms with Crippen LogP contribution in [0.2, 0.25) is 0 Å². The van der Waals surface area contributed by atoms with E-state index in [1.54, 1.807) is 0 Å². The van der Waals surface area contributed by atoms with Gasteiger partial charge in [-0.05, 0) is 25.5 Å². The largest absolute Gasteiger partial charge is 0.369 e. The van der Waals surface area contributed by atoms with Crippen LogP contribution in [-0.2, 0) is 0 Å². The average molecular weight is 292 g/mol. The highest BCUT2D eigenvalue weighted by atomic mass is 19.1. The minimum atomic E-state index is -0.845. The molecule has 0 aliphatic carbocycles. The summed E-state index contributed by atoms with van der Waals surface area (Å²) in [7, 11) is 0. The normalized spacial score (nSPS) is 10.3. The van der Waals surface area contributed by atoms with E-state index in [-0.39, 0.29) is 11.3 Å². The Kier molecular flexibility index (Phi) is 4.42. The van der Waals surface area contributed by atoms with Crippen LogP contribution < -0.4 is 10.6 Å². The summed E-state index contributed by atoms with van der Waals surface area (Å²) in [5, 5.41) is 5.08. The summed E-state index contributed by atoms with van der Waals surface area (Å²) in [6.45, 7) is 3.96. The standard InChI is InChI=1S/C14H14F2N4O/c1-3-18-11-7-17-6-10(19-11)14(21)20-13-9(15)5-4-8(2)12(13)16/h4-7H,3H2,1-2H3,(H,18,19)(H,20,21). The zero-order valence-electron chi connectivity index (χ0n) is 11.6. The van der Waals surface area contributed by atoms with Crippen molar-refractivity contribution in [3.63, 3.8) is 0 Å². The molecule has 110 valence electrons. The molecule has 5 nitrogen and oxygen atoms in total. The number of anilines is 2. The van der Waals surface area contributed by atoms with Crippen LogP contribution in [0.4, 0.5) is 20.3 Å². The van der Waals surface area contributed by atoms with Gasteiger partial charge in [0.15, 0.2) is 5.82 Å². The fourth-order valence-corrected chi connectivity index (χ4v) is 1.69. The van der Waals surface area contributed by atoms with Crippen LogP contribution >= 0.6 is 0 Å². The van der Waals surface area contributed by atoms with Gasteiger partial charge in [-0.3, -0.25) is 9.78 Å². The molecular formula is C14H14F2N4O. The van der Waals surface area contributed by atoms with E-state index in [9.17, 15) is 13.6 Å². The van der Waals surface area contributed by atoms with E-state index in [0.717, 1.165) is 6.07 Å². The number of aryl methyl sites for hydroxylation is 1. The van der Waals surface area contributed by atoms with Crippen LogP contribution in [0.3, 0.4) is 0 Å². The van der Waals surface area contributed by atoms with Crippen molar-refractivity contribution in [1.29, 1.82) is 0 Å². The summed E-state index contributed by atoms with van der Waals surface area (Å²) in [4.78, 5) is 19.9. The number of halogens is 2. The number of aromatic nitrogens is 2. The van der Waals surface area contributed by atoms with Crippen molar-refractivity contribution >= 4 is 17.4 Å². The van der Waals surface area contributed by atoms with Gasteiger partial charge in [0.25, 0.3) is 5.91 Å². The number of carbonyl (C=O) groups excluding carboxylic acids is 1. The molecule has 0 unspecified atom stereocenters. The second kappa shape index (κ2) is 6.25. The van der Waals surface area contributed by atoms with E-state index < -0.39 is 23.2 Å². The molecule has 21 heavy (non-hydrogen) atoms. The molecule has 0 atom stereocenters. The molecule has 0 saturated heterocycles. The molecular weight excluding hydrogens is 278 g/mol. The first-order valence-corrected chi connectivity index (χ1v) is 6.34. The lowest BCUT2D eigenvalue weighted by Gasteiger charge is -2.09. The molecule has 1 amide bonds. The molecule has 0 bridgehead atoms. The van der Waals surface area contributed by atoms with Gasteiger partial charge in [-0.25, -0.2) is 13.8 Å². The summed E-state index contributed by atoms with van der Waals surface area (Å²) in [5.74, 6) is -1.97. The number of nitrogens with one attached hydrogen (secondary N) is 2. The number of amides is 1. The molecule has 2 rings (SSSR count). The van der Waals surface area contributed by atoms with E-state index in [4.69, 9.17) is 0 Å². The van der Waals surface area contributed by atoms with E-state index in [0.29, 0.717) is 12.4 Å². The van der Waals surface area contributed by atoms with E-state index in [1.807, 2.05) is 6.92 Å². The second-order valence-corrected chi connectivity index (χ2v) is 4.33. The lowest BCUT2D eigenvalue weighted by atomic mass is 10.2. The average Bonchev–Trinajstić information content (AvgIpc) is 2.48. The van der Waals surface area contributed by atoms with Gasteiger partial charge in [0.1, 0.15) is 23.0 Å². The first kappa shape index (κ1) is 14.8. The Bertz CT molecular complexity index is 676. The molecule has 1 aromatic heterocycles. The van der Waals surface area contributed by atoms with Crippen molar-refractivity contribution in [2.45, 2.75) is 13.8 Å². The van der Waals surface area contributed by atoms with Crippen molar-refractivity contribution in [3.8, 4) is 0 Å². The highest BCUT2D eigenvalue weighted by Crippen LogP contribution is 2.22. The molecule has 2 N–H and O–H groups in total. The van der Waals surface area contributed by atoms with Crippen LogP contribution in [0, 0.1) is 18.6 Å². The fraction of sp³-hybridized carbons (Fsp3) is 0.214.